The summed E-state index contributed by atoms with van der Waals surface area (Å²) in [5, 5.41) is 4.03. The number of H-pyrrole nitrogens is 1. The lowest BCUT2D eigenvalue weighted by molar-refractivity contribution is 0.184. The number of rotatable bonds is 2. The Balaban J connectivity index is 1.48. The Kier molecular flexibility index (Phi) is 4.73. The van der Waals surface area contributed by atoms with Gasteiger partial charge in [0.05, 0.1) is 5.39 Å². The first-order valence-corrected chi connectivity index (χ1v) is 9.69. The fourth-order valence-electron chi connectivity index (χ4n) is 3.52. The lowest BCUT2D eigenvalue weighted by Gasteiger charge is -2.40. The number of carbonyl (C=O) groups excluding carboxylic acids is 1. The number of piperazine rings is 1. The fourth-order valence-corrected chi connectivity index (χ4v) is 3.78. The second-order valence-corrected chi connectivity index (χ2v) is 7.73. The predicted molar refractivity (Wildman–Crippen MR) is 110 cm³/mol. The molecule has 4 rings (SSSR count). The Hall–Kier alpha value is -2.61. The van der Waals surface area contributed by atoms with E-state index in [1.54, 1.807) is 6.33 Å². The van der Waals surface area contributed by atoms with Crippen molar-refractivity contribution in [2.24, 2.45) is 0 Å². The summed E-state index contributed by atoms with van der Waals surface area (Å²) < 4.78 is 0.985. The standard InChI is InChI=1S/C19H21BrN6O/c1-12-9-21-17-16(12)18(23-11-22-17)25-7-8-26(13(2)10-25)19(27)24-15-5-3-14(20)4-6-15/h3-6,9,11,13H,7-8,10H2,1-2H3,(H,24,27)(H,21,22,23)/t13-/m0/s1. The van der Waals surface area contributed by atoms with Crippen LogP contribution in [0.4, 0.5) is 16.3 Å². The minimum atomic E-state index is -0.0740. The van der Waals surface area contributed by atoms with Gasteiger partial charge in [0.2, 0.25) is 0 Å². The number of nitrogens with one attached hydrogen (secondary N) is 2. The summed E-state index contributed by atoms with van der Waals surface area (Å²) in [4.78, 5) is 28.8. The van der Waals surface area contributed by atoms with Gasteiger partial charge in [-0.2, -0.15) is 0 Å². The molecule has 1 fully saturated rings. The van der Waals surface area contributed by atoms with Gasteiger partial charge >= 0.3 is 6.03 Å². The molecule has 1 atom stereocenters. The van der Waals surface area contributed by atoms with Gasteiger partial charge in [-0.25, -0.2) is 14.8 Å². The summed E-state index contributed by atoms with van der Waals surface area (Å²) in [5.74, 6) is 0.929. The van der Waals surface area contributed by atoms with Crippen LogP contribution in [0, 0.1) is 6.92 Å². The first-order chi connectivity index (χ1) is 13.0. The average Bonchev–Trinajstić information content (AvgIpc) is 3.05. The third-order valence-corrected chi connectivity index (χ3v) is 5.46. The Bertz CT molecular complexity index is 970. The molecule has 2 aromatic heterocycles. The average molecular weight is 429 g/mol. The summed E-state index contributed by atoms with van der Waals surface area (Å²) in [6.07, 6.45) is 3.54. The number of nitrogens with zero attached hydrogens (tertiary/aromatic N) is 4. The Morgan fingerprint density at radius 3 is 2.78 bits per heavy atom. The van der Waals surface area contributed by atoms with Crippen molar-refractivity contribution < 1.29 is 4.79 Å². The molecule has 27 heavy (non-hydrogen) atoms. The number of carbonyl (C=O) groups is 1. The van der Waals surface area contributed by atoms with Gasteiger partial charge in [0.1, 0.15) is 17.8 Å². The molecule has 3 heterocycles. The predicted octanol–water partition coefficient (Wildman–Crippen LogP) is 3.77. The van der Waals surface area contributed by atoms with Crippen LogP contribution in [0.2, 0.25) is 0 Å². The lowest BCUT2D eigenvalue weighted by Crippen LogP contribution is -2.55. The van der Waals surface area contributed by atoms with E-state index in [2.05, 4.69) is 54.9 Å². The summed E-state index contributed by atoms with van der Waals surface area (Å²) >= 11 is 3.40. The molecule has 140 valence electrons. The largest absolute Gasteiger partial charge is 0.352 e. The molecule has 0 saturated carbocycles. The van der Waals surface area contributed by atoms with E-state index in [0.29, 0.717) is 6.54 Å². The second kappa shape index (κ2) is 7.19. The van der Waals surface area contributed by atoms with Gasteiger partial charge in [0.25, 0.3) is 0 Å². The fraction of sp³-hybridized carbons (Fsp3) is 0.316. The highest BCUT2D eigenvalue weighted by Gasteiger charge is 2.29. The highest BCUT2D eigenvalue weighted by atomic mass is 79.9. The maximum absolute atomic E-state index is 12.7. The number of benzene rings is 1. The SMILES string of the molecule is Cc1c[nH]c2ncnc(N3CCN(C(=O)Nc4ccc(Br)cc4)[C@@H](C)C3)c12. The molecule has 1 saturated heterocycles. The summed E-state index contributed by atoms with van der Waals surface area (Å²) in [7, 11) is 0. The molecule has 0 radical (unpaired) electrons. The summed E-state index contributed by atoms with van der Waals surface area (Å²) in [6, 6.07) is 7.59. The van der Waals surface area contributed by atoms with Crippen LogP contribution in [0.5, 0.6) is 0 Å². The van der Waals surface area contributed by atoms with Gasteiger partial charge in [0, 0.05) is 42.0 Å². The summed E-state index contributed by atoms with van der Waals surface area (Å²) in [5.41, 5.74) is 2.77. The monoisotopic (exact) mass is 428 g/mol. The number of aromatic amines is 1. The molecule has 1 aromatic carbocycles. The van der Waals surface area contributed by atoms with Crippen LogP contribution >= 0.6 is 15.9 Å². The molecule has 3 aromatic rings. The smallest absolute Gasteiger partial charge is 0.322 e. The topological polar surface area (TPSA) is 77.2 Å². The van der Waals surface area contributed by atoms with Crippen LogP contribution in [0.1, 0.15) is 12.5 Å². The molecule has 8 heteroatoms. The van der Waals surface area contributed by atoms with Crippen molar-refractivity contribution in [3.63, 3.8) is 0 Å². The summed E-state index contributed by atoms with van der Waals surface area (Å²) in [6.45, 7) is 6.21. The number of anilines is 2. The molecular weight excluding hydrogens is 408 g/mol. The van der Waals surface area contributed by atoms with E-state index in [9.17, 15) is 4.79 Å². The third-order valence-electron chi connectivity index (χ3n) is 4.93. The third kappa shape index (κ3) is 3.49. The van der Waals surface area contributed by atoms with Crippen LogP contribution < -0.4 is 10.2 Å². The highest BCUT2D eigenvalue weighted by molar-refractivity contribution is 9.10. The van der Waals surface area contributed by atoms with Crippen LogP contribution in [-0.4, -0.2) is 51.6 Å². The Labute approximate surface area is 165 Å². The number of aromatic nitrogens is 3. The zero-order chi connectivity index (χ0) is 19.0. The van der Waals surface area contributed by atoms with Crippen molar-refractivity contribution in [3.05, 3.63) is 46.8 Å². The second-order valence-electron chi connectivity index (χ2n) is 6.82. The number of urea groups is 1. The minimum absolute atomic E-state index is 0.0680. The van der Waals surface area contributed by atoms with E-state index in [4.69, 9.17) is 0 Å². The van der Waals surface area contributed by atoms with Gasteiger partial charge in [-0.3, -0.25) is 0 Å². The van der Waals surface area contributed by atoms with E-state index in [0.717, 1.165) is 45.7 Å². The van der Waals surface area contributed by atoms with Gasteiger partial charge in [-0.15, -0.1) is 0 Å². The Morgan fingerprint density at radius 2 is 2.04 bits per heavy atom. The lowest BCUT2D eigenvalue weighted by atomic mass is 10.1. The van der Waals surface area contributed by atoms with Gasteiger partial charge in [-0.1, -0.05) is 15.9 Å². The number of halogens is 1. The van der Waals surface area contributed by atoms with Crippen molar-refractivity contribution in [3.8, 4) is 0 Å². The van der Waals surface area contributed by atoms with Gasteiger partial charge in [-0.05, 0) is 43.7 Å². The molecule has 0 aliphatic carbocycles. The maximum atomic E-state index is 12.7. The quantitative estimate of drug-likeness (QED) is 0.650. The van der Waals surface area contributed by atoms with Gasteiger partial charge in [0.15, 0.2) is 0 Å². The molecule has 0 spiro atoms. The highest BCUT2D eigenvalue weighted by Crippen LogP contribution is 2.27. The number of hydrogen-bond donors (Lipinski definition) is 2. The van der Waals surface area contributed by atoms with Gasteiger partial charge < -0.3 is 20.1 Å². The first-order valence-electron chi connectivity index (χ1n) is 8.90. The zero-order valence-electron chi connectivity index (χ0n) is 15.2. The van der Waals surface area contributed by atoms with Crippen LogP contribution in [0.3, 0.4) is 0 Å². The molecule has 1 aliphatic heterocycles. The zero-order valence-corrected chi connectivity index (χ0v) is 16.8. The normalized spacial score (nSPS) is 17.4. The van der Waals surface area contributed by atoms with Crippen LogP contribution in [-0.2, 0) is 0 Å². The van der Waals surface area contributed by atoms with Crippen LogP contribution in [0.15, 0.2) is 41.3 Å². The number of hydrogen-bond acceptors (Lipinski definition) is 4. The van der Waals surface area contributed by atoms with E-state index >= 15 is 0 Å². The molecule has 2 amide bonds. The number of amides is 2. The van der Waals surface area contributed by atoms with E-state index in [-0.39, 0.29) is 12.1 Å². The molecule has 0 unspecified atom stereocenters. The molecule has 0 bridgehead atoms. The van der Waals surface area contributed by atoms with E-state index in [1.807, 2.05) is 35.4 Å². The molecular formula is C19H21BrN6O. The van der Waals surface area contributed by atoms with Crippen molar-refractivity contribution in [2.75, 3.05) is 29.9 Å². The molecule has 2 N–H and O–H groups in total. The van der Waals surface area contributed by atoms with Crippen molar-refractivity contribution in [2.45, 2.75) is 19.9 Å². The van der Waals surface area contributed by atoms with Crippen molar-refractivity contribution >= 4 is 44.5 Å². The Morgan fingerprint density at radius 1 is 1.26 bits per heavy atom. The number of aryl methyl sites for hydroxylation is 1. The van der Waals surface area contributed by atoms with Crippen LogP contribution in [0.25, 0.3) is 11.0 Å². The number of fused-ring (bicyclic) bond motifs is 1. The maximum Gasteiger partial charge on any atom is 0.322 e. The van der Waals surface area contributed by atoms with E-state index < -0.39 is 0 Å². The molecule has 7 nitrogen and oxygen atoms in total. The molecule has 1 aliphatic rings. The first kappa shape index (κ1) is 17.8. The van der Waals surface area contributed by atoms with E-state index in [1.165, 1.54) is 0 Å². The minimum Gasteiger partial charge on any atom is -0.352 e. The van der Waals surface area contributed by atoms with Crippen molar-refractivity contribution in [1.82, 2.24) is 19.9 Å². The van der Waals surface area contributed by atoms with Crippen molar-refractivity contribution in [1.29, 1.82) is 0 Å².